The first-order chi connectivity index (χ1) is 12.1. The van der Waals surface area contributed by atoms with Gasteiger partial charge in [0.15, 0.2) is 5.11 Å². The molecular weight excluding hydrogens is 338 g/mol. The highest BCUT2D eigenvalue weighted by Gasteiger charge is 2.07. The number of hydrazine groups is 1. The molecule has 2 amide bonds. The summed E-state index contributed by atoms with van der Waals surface area (Å²) in [4.78, 5) is 22.6. The van der Waals surface area contributed by atoms with Crippen LogP contribution in [0.5, 0.6) is 0 Å². The van der Waals surface area contributed by atoms with Crippen molar-refractivity contribution in [1.82, 2.24) is 10.7 Å². The highest BCUT2D eigenvalue weighted by Crippen LogP contribution is 2.16. The second kappa shape index (κ2) is 9.24. The van der Waals surface area contributed by atoms with E-state index in [1.54, 1.807) is 42.5 Å². The minimum atomic E-state index is -0.232. The Morgan fingerprint density at radius 3 is 2.44 bits per heavy atom. The van der Waals surface area contributed by atoms with Crippen LogP contribution in [0.3, 0.4) is 0 Å². The van der Waals surface area contributed by atoms with Gasteiger partial charge >= 0.3 is 0 Å². The number of nitrogens with one attached hydrogen (secondary N) is 5. The number of carbonyl (C=O) groups excluding carboxylic acids is 2. The van der Waals surface area contributed by atoms with Crippen LogP contribution in [0.1, 0.15) is 17.3 Å². The Labute approximate surface area is 151 Å². The number of thiocarbonyl (C=S) groups is 1. The van der Waals surface area contributed by atoms with Crippen LogP contribution < -0.4 is 26.8 Å². The first kappa shape index (κ1) is 18.2. The van der Waals surface area contributed by atoms with Gasteiger partial charge in [0.2, 0.25) is 6.41 Å². The van der Waals surface area contributed by atoms with Gasteiger partial charge in [0.1, 0.15) is 0 Å². The van der Waals surface area contributed by atoms with E-state index in [0.29, 0.717) is 28.5 Å². The van der Waals surface area contributed by atoms with Gasteiger partial charge in [-0.05, 0) is 61.6 Å². The molecule has 130 valence electrons. The van der Waals surface area contributed by atoms with Crippen molar-refractivity contribution in [2.24, 2.45) is 0 Å². The predicted octanol–water partition coefficient (Wildman–Crippen LogP) is 2.32. The lowest BCUT2D eigenvalue weighted by molar-refractivity contribution is -0.109. The van der Waals surface area contributed by atoms with E-state index in [9.17, 15) is 9.59 Å². The van der Waals surface area contributed by atoms with E-state index < -0.39 is 0 Å². The summed E-state index contributed by atoms with van der Waals surface area (Å²) >= 11 is 5.14. The van der Waals surface area contributed by atoms with Crippen molar-refractivity contribution in [2.75, 3.05) is 22.6 Å². The Balaban J connectivity index is 2.00. The summed E-state index contributed by atoms with van der Waals surface area (Å²) in [6, 6.07) is 14.0. The molecule has 0 bridgehead atoms. The first-order valence-corrected chi connectivity index (χ1v) is 8.04. The molecule has 0 aliphatic carbocycles. The van der Waals surface area contributed by atoms with E-state index >= 15 is 0 Å². The van der Waals surface area contributed by atoms with Gasteiger partial charge in [0.05, 0.1) is 5.69 Å². The molecule has 8 heteroatoms. The minimum Gasteiger partial charge on any atom is -0.363 e. The summed E-state index contributed by atoms with van der Waals surface area (Å²) in [5.74, 6) is -0.232. The average Bonchev–Trinajstić information content (AvgIpc) is 2.61. The maximum Gasteiger partial charge on any atom is 0.255 e. The highest BCUT2D eigenvalue weighted by molar-refractivity contribution is 7.80. The monoisotopic (exact) mass is 357 g/mol. The number of carbonyl (C=O) groups is 2. The summed E-state index contributed by atoms with van der Waals surface area (Å²) in [6.07, 6.45) is 0.540. The molecule has 0 aliphatic heterocycles. The van der Waals surface area contributed by atoms with Gasteiger partial charge in [-0.1, -0.05) is 6.07 Å². The fraction of sp³-hybridized carbons (Fsp3) is 0.118. The van der Waals surface area contributed by atoms with Crippen LogP contribution in [0, 0.1) is 0 Å². The van der Waals surface area contributed by atoms with Crippen molar-refractivity contribution < 1.29 is 9.59 Å². The smallest absolute Gasteiger partial charge is 0.255 e. The Kier molecular flexibility index (Phi) is 6.73. The van der Waals surface area contributed by atoms with Gasteiger partial charge in [0.25, 0.3) is 5.91 Å². The quantitative estimate of drug-likeness (QED) is 0.297. The summed E-state index contributed by atoms with van der Waals surface area (Å²) in [6.45, 7) is 2.67. The second-order valence-corrected chi connectivity index (χ2v) is 5.39. The largest absolute Gasteiger partial charge is 0.363 e. The summed E-state index contributed by atoms with van der Waals surface area (Å²) < 4.78 is 0. The van der Waals surface area contributed by atoms with E-state index in [1.807, 2.05) is 13.0 Å². The topological polar surface area (TPSA) is 94.3 Å². The van der Waals surface area contributed by atoms with Crippen molar-refractivity contribution in [2.45, 2.75) is 6.92 Å². The van der Waals surface area contributed by atoms with E-state index in [1.165, 1.54) is 0 Å². The maximum absolute atomic E-state index is 12.4. The van der Waals surface area contributed by atoms with Crippen molar-refractivity contribution in [3.05, 3.63) is 54.1 Å². The normalized spacial score (nSPS) is 9.64. The van der Waals surface area contributed by atoms with E-state index in [0.717, 1.165) is 12.2 Å². The molecule has 0 aromatic heterocycles. The Morgan fingerprint density at radius 1 is 1.04 bits per heavy atom. The third-order valence-corrected chi connectivity index (χ3v) is 3.38. The Morgan fingerprint density at radius 2 is 1.76 bits per heavy atom. The van der Waals surface area contributed by atoms with E-state index in [-0.39, 0.29) is 5.91 Å². The summed E-state index contributed by atoms with van der Waals surface area (Å²) in [5.41, 5.74) is 7.61. The second-order valence-electron chi connectivity index (χ2n) is 4.98. The lowest BCUT2D eigenvalue weighted by atomic mass is 10.2. The van der Waals surface area contributed by atoms with Crippen molar-refractivity contribution in [3.63, 3.8) is 0 Å². The molecule has 0 saturated carbocycles. The van der Waals surface area contributed by atoms with E-state index in [2.05, 4.69) is 26.8 Å². The molecule has 2 rings (SSSR count). The first-order valence-electron chi connectivity index (χ1n) is 7.64. The fourth-order valence-corrected chi connectivity index (χ4v) is 2.29. The highest BCUT2D eigenvalue weighted by atomic mass is 32.1. The van der Waals surface area contributed by atoms with Crippen LogP contribution >= 0.6 is 12.2 Å². The zero-order chi connectivity index (χ0) is 18.1. The maximum atomic E-state index is 12.4. The lowest BCUT2D eigenvalue weighted by Gasteiger charge is -2.11. The Bertz CT molecular complexity index is 749. The molecule has 0 unspecified atom stereocenters. The molecule has 0 fully saturated rings. The van der Waals surface area contributed by atoms with Crippen LogP contribution in [-0.4, -0.2) is 24.0 Å². The third-order valence-electron chi connectivity index (χ3n) is 3.14. The Hall–Kier alpha value is -3.13. The number of hydrogen-bond acceptors (Lipinski definition) is 4. The molecule has 0 aliphatic rings. The van der Waals surface area contributed by atoms with Gasteiger partial charge < -0.3 is 16.0 Å². The van der Waals surface area contributed by atoms with Gasteiger partial charge in [-0.2, -0.15) is 0 Å². The van der Waals surface area contributed by atoms with Crippen LogP contribution in [0.4, 0.5) is 17.1 Å². The van der Waals surface area contributed by atoms with Gasteiger partial charge in [-0.25, -0.2) is 0 Å². The molecule has 7 nitrogen and oxygen atoms in total. The van der Waals surface area contributed by atoms with Crippen LogP contribution in [0.2, 0.25) is 0 Å². The molecule has 2 aromatic carbocycles. The fourth-order valence-electron chi connectivity index (χ4n) is 2.03. The van der Waals surface area contributed by atoms with Crippen molar-refractivity contribution >= 4 is 46.7 Å². The average molecular weight is 357 g/mol. The van der Waals surface area contributed by atoms with Crippen molar-refractivity contribution in [3.8, 4) is 0 Å². The minimum absolute atomic E-state index is 0.232. The van der Waals surface area contributed by atoms with Crippen LogP contribution in [0.25, 0.3) is 0 Å². The number of hydrogen-bond donors (Lipinski definition) is 5. The van der Waals surface area contributed by atoms with Crippen LogP contribution in [0.15, 0.2) is 48.5 Å². The number of amides is 2. The zero-order valence-corrected chi connectivity index (χ0v) is 14.4. The number of benzene rings is 2. The van der Waals surface area contributed by atoms with Gasteiger partial charge in [-0.3, -0.25) is 20.4 Å². The number of rotatable bonds is 7. The molecule has 0 heterocycles. The van der Waals surface area contributed by atoms with Crippen LogP contribution in [-0.2, 0) is 4.79 Å². The number of anilines is 3. The van der Waals surface area contributed by atoms with Gasteiger partial charge in [-0.15, -0.1) is 0 Å². The molecule has 2 aromatic rings. The molecule has 25 heavy (non-hydrogen) atoms. The van der Waals surface area contributed by atoms with E-state index in [4.69, 9.17) is 12.2 Å². The molecule has 0 spiro atoms. The SMILES string of the molecule is CCNC(=S)Nc1cccc(C(=O)Nc2ccc(NNC=O)cc2)c1. The lowest BCUT2D eigenvalue weighted by Crippen LogP contribution is -2.28. The molecule has 5 N–H and O–H groups in total. The van der Waals surface area contributed by atoms with Crippen molar-refractivity contribution in [1.29, 1.82) is 0 Å². The summed E-state index contributed by atoms with van der Waals surface area (Å²) in [5, 5.41) is 9.34. The summed E-state index contributed by atoms with van der Waals surface area (Å²) in [7, 11) is 0. The third kappa shape index (κ3) is 5.78. The molecular formula is C17H19N5O2S. The molecule has 0 saturated heterocycles. The standard InChI is InChI=1S/C17H19N5O2S/c1-2-18-17(25)21-15-5-3-4-12(10-15)16(24)20-13-6-8-14(9-7-13)22-19-11-23/h3-11,22H,2H2,1H3,(H,19,23)(H,20,24)(H2,18,21,25). The molecule has 0 atom stereocenters. The zero-order valence-electron chi connectivity index (χ0n) is 13.6. The predicted molar refractivity (Wildman–Crippen MR) is 104 cm³/mol. The van der Waals surface area contributed by atoms with Gasteiger partial charge in [0, 0.05) is 23.5 Å². The molecule has 0 radical (unpaired) electrons.